The maximum atomic E-state index is 9.69. The Labute approximate surface area is 84.5 Å². The highest BCUT2D eigenvalue weighted by Crippen LogP contribution is 2.39. The third-order valence-corrected chi connectivity index (χ3v) is 2.84. The molecule has 1 aromatic carbocycles. The number of rotatable bonds is 4. The van der Waals surface area contributed by atoms with Crippen molar-refractivity contribution in [1.82, 2.24) is 0 Å². The summed E-state index contributed by atoms with van der Waals surface area (Å²) in [4.78, 5) is 0. The summed E-state index contributed by atoms with van der Waals surface area (Å²) in [5.41, 5.74) is 0.896. The molecule has 0 aromatic heterocycles. The summed E-state index contributed by atoms with van der Waals surface area (Å²) < 4.78 is 5.14. The number of benzene rings is 1. The molecule has 0 amide bonds. The maximum absolute atomic E-state index is 9.69. The molecule has 0 atom stereocenters. The van der Waals surface area contributed by atoms with Crippen molar-refractivity contribution in [3.05, 3.63) is 29.8 Å². The Kier molecular flexibility index (Phi) is 2.46. The van der Waals surface area contributed by atoms with Crippen molar-refractivity contribution in [1.29, 1.82) is 0 Å². The number of methoxy groups -OCH3 is 1. The van der Waals surface area contributed by atoms with Crippen molar-refractivity contribution in [2.45, 2.75) is 31.3 Å². The Bertz CT molecular complexity index is 316. The molecule has 1 fully saturated rings. The van der Waals surface area contributed by atoms with Crippen LogP contribution in [0.3, 0.4) is 0 Å². The van der Waals surface area contributed by atoms with E-state index in [2.05, 4.69) is 6.07 Å². The average Bonchev–Trinajstić information content (AvgIpc) is 2.95. The van der Waals surface area contributed by atoms with Crippen LogP contribution in [0.15, 0.2) is 24.3 Å². The Hall–Kier alpha value is -1.02. The second-order valence-electron chi connectivity index (χ2n) is 4.08. The largest absolute Gasteiger partial charge is 0.497 e. The van der Waals surface area contributed by atoms with Crippen LogP contribution in [-0.4, -0.2) is 17.8 Å². The van der Waals surface area contributed by atoms with Gasteiger partial charge in [0.05, 0.1) is 12.7 Å². The smallest absolute Gasteiger partial charge is 0.119 e. The van der Waals surface area contributed by atoms with Crippen LogP contribution < -0.4 is 4.74 Å². The molecular formula is C12H16O2. The van der Waals surface area contributed by atoms with Crippen LogP contribution in [0.1, 0.15) is 24.8 Å². The molecule has 1 saturated carbocycles. The van der Waals surface area contributed by atoms with E-state index in [0.29, 0.717) is 0 Å². The minimum Gasteiger partial charge on any atom is -0.497 e. The first-order valence-electron chi connectivity index (χ1n) is 5.07. The molecule has 1 aliphatic carbocycles. The molecule has 14 heavy (non-hydrogen) atoms. The third kappa shape index (κ3) is 2.26. The van der Waals surface area contributed by atoms with Gasteiger partial charge in [-0.3, -0.25) is 0 Å². The molecule has 0 heterocycles. The van der Waals surface area contributed by atoms with Gasteiger partial charge in [0.2, 0.25) is 0 Å². The molecule has 76 valence electrons. The summed E-state index contributed by atoms with van der Waals surface area (Å²) >= 11 is 0. The lowest BCUT2D eigenvalue weighted by Gasteiger charge is -2.08. The molecule has 0 unspecified atom stereocenters. The van der Waals surface area contributed by atoms with Crippen LogP contribution in [0, 0.1) is 0 Å². The molecule has 2 nitrogen and oxygen atoms in total. The van der Waals surface area contributed by atoms with Gasteiger partial charge in [-0.05, 0) is 43.4 Å². The van der Waals surface area contributed by atoms with E-state index < -0.39 is 0 Å². The lowest BCUT2D eigenvalue weighted by Crippen LogP contribution is -2.07. The molecule has 2 rings (SSSR count). The molecule has 1 aliphatic rings. The van der Waals surface area contributed by atoms with Gasteiger partial charge in [-0.15, -0.1) is 0 Å². The summed E-state index contributed by atoms with van der Waals surface area (Å²) in [7, 11) is 1.67. The lowest BCUT2D eigenvalue weighted by molar-refractivity contribution is 0.140. The van der Waals surface area contributed by atoms with Gasteiger partial charge in [-0.2, -0.15) is 0 Å². The predicted octanol–water partition coefficient (Wildman–Crippen LogP) is 2.15. The number of hydrogen-bond acceptors (Lipinski definition) is 2. The first-order valence-corrected chi connectivity index (χ1v) is 5.07. The summed E-state index contributed by atoms with van der Waals surface area (Å²) in [6, 6.07) is 8.04. The molecule has 0 radical (unpaired) electrons. The van der Waals surface area contributed by atoms with Crippen molar-refractivity contribution in [2.24, 2.45) is 0 Å². The van der Waals surface area contributed by atoms with Crippen molar-refractivity contribution in [3.8, 4) is 5.75 Å². The lowest BCUT2D eigenvalue weighted by atomic mass is 10.1. The Morgan fingerprint density at radius 2 is 2.21 bits per heavy atom. The number of aryl methyl sites for hydroxylation is 1. The summed E-state index contributed by atoms with van der Waals surface area (Å²) in [6.07, 6.45) is 3.75. The summed E-state index contributed by atoms with van der Waals surface area (Å²) in [5.74, 6) is 0.894. The predicted molar refractivity (Wildman–Crippen MR) is 55.5 cm³/mol. The van der Waals surface area contributed by atoms with Crippen LogP contribution in [0.2, 0.25) is 0 Å². The highest BCUT2D eigenvalue weighted by atomic mass is 16.5. The van der Waals surface area contributed by atoms with Crippen molar-refractivity contribution < 1.29 is 9.84 Å². The Morgan fingerprint density at radius 3 is 2.86 bits per heavy atom. The minimum atomic E-state index is -0.344. The number of ether oxygens (including phenoxy) is 1. The molecule has 1 aromatic rings. The summed E-state index contributed by atoms with van der Waals surface area (Å²) in [6.45, 7) is 0. The van der Waals surface area contributed by atoms with Crippen molar-refractivity contribution >= 4 is 0 Å². The van der Waals surface area contributed by atoms with Gasteiger partial charge in [0.15, 0.2) is 0 Å². The Balaban J connectivity index is 1.94. The normalized spacial score (nSPS) is 17.9. The van der Waals surface area contributed by atoms with Crippen LogP contribution in [0.25, 0.3) is 0 Å². The number of hydrogen-bond donors (Lipinski definition) is 1. The van der Waals surface area contributed by atoms with Gasteiger partial charge in [-0.1, -0.05) is 12.1 Å². The van der Waals surface area contributed by atoms with Crippen molar-refractivity contribution in [3.63, 3.8) is 0 Å². The fourth-order valence-electron chi connectivity index (χ4n) is 1.60. The molecule has 0 bridgehead atoms. The monoisotopic (exact) mass is 192 g/mol. The van der Waals surface area contributed by atoms with Gasteiger partial charge >= 0.3 is 0 Å². The van der Waals surface area contributed by atoms with E-state index >= 15 is 0 Å². The molecule has 2 heteroatoms. The molecule has 1 N–H and O–H groups in total. The highest BCUT2D eigenvalue weighted by Gasteiger charge is 2.39. The fourth-order valence-corrected chi connectivity index (χ4v) is 1.60. The quantitative estimate of drug-likeness (QED) is 0.792. The maximum Gasteiger partial charge on any atom is 0.119 e. The van der Waals surface area contributed by atoms with Crippen LogP contribution in [0.5, 0.6) is 5.75 Å². The van der Waals surface area contributed by atoms with E-state index in [-0.39, 0.29) is 5.60 Å². The van der Waals surface area contributed by atoms with Crippen LogP contribution >= 0.6 is 0 Å². The highest BCUT2D eigenvalue weighted by molar-refractivity contribution is 5.28. The topological polar surface area (TPSA) is 29.5 Å². The van der Waals surface area contributed by atoms with E-state index in [9.17, 15) is 5.11 Å². The van der Waals surface area contributed by atoms with Crippen LogP contribution in [0.4, 0.5) is 0 Å². The van der Waals surface area contributed by atoms with Gasteiger partial charge in [0.1, 0.15) is 5.75 Å². The standard InChI is InChI=1S/C12H16O2/c1-14-11-4-2-3-10(9-11)5-6-12(13)7-8-12/h2-4,9,13H,5-8H2,1H3. The van der Waals surface area contributed by atoms with Gasteiger partial charge < -0.3 is 9.84 Å². The molecule has 0 spiro atoms. The van der Waals surface area contributed by atoms with E-state index in [4.69, 9.17) is 4.74 Å². The van der Waals surface area contributed by atoms with Gasteiger partial charge in [0, 0.05) is 0 Å². The minimum absolute atomic E-state index is 0.344. The molecule has 0 saturated heterocycles. The fraction of sp³-hybridized carbons (Fsp3) is 0.500. The van der Waals surface area contributed by atoms with E-state index in [1.807, 2.05) is 18.2 Å². The first kappa shape index (κ1) is 9.53. The zero-order valence-corrected chi connectivity index (χ0v) is 8.49. The summed E-state index contributed by atoms with van der Waals surface area (Å²) in [5, 5.41) is 9.69. The second-order valence-corrected chi connectivity index (χ2v) is 4.08. The number of aliphatic hydroxyl groups is 1. The second kappa shape index (κ2) is 3.62. The zero-order chi connectivity index (χ0) is 10.0. The van der Waals surface area contributed by atoms with Crippen LogP contribution in [-0.2, 0) is 6.42 Å². The van der Waals surface area contributed by atoms with E-state index in [1.54, 1.807) is 7.11 Å². The van der Waals surface area contributed by atoms with E-state index in [1.165, 1.54) is 5.56 Å². The zero-order valence-electron chi connectivity index (χ0n) is 8.49. The third-order valence-electron chi connectivity index (χ3n) is 2.84. The van der Waals surface area contributed by atoms with Gasteiger partial charge in [-0.25, -0.2) is 0 Å². The average molecular weight is 192 g/mol. The molecular weight excluding hydrogens is 176 g/mol. The Morgan fingerprint density at radius 1 is 1.43 bits per heavy atom. The molecule has 0 aliphatic heterocycles. The van der Waals surface area contributed by atoms with E-state index in [0.717, 1.165) is 31.4 Å². The SMILES string of the molecule is COc1cccc(CCC2(O)CC2)c1. The van der Waals surface area contributed by atoms with Gasteiger partial charge in [0.25, 0.3) is 0 Å². The first-order chi connectivity index (χ1) is 6.72. The van der Waals surface area contributed by atoms with Crippen molar-refractivity contribution in [2.75, 3.05) is 7.11 Å².